The van der Waals surface area contributed by atoms with Crippen molar-refractivity contribution in [2.45, 2.75) is 31.3 Å². The fourth-order valence-corrected chi connectivity index (χ4v) is 3.28. The van der Waals surface area contributed by atoms with Crippen molar-refractivity contribution in [1.29, 1.82) is 0 Å². The van der Waals surface area contributed by atoms with Crippen LogP contribution >= 0.6 is 12.4 Å². The summed E-state index contributed by atoms with van der Waals surface area (Å²) in [6.07, 6.45) is 3.25. The summed E-state index contributed by atoms with van der Waals surface area (Å²) in [4.78, 5) is 13.1. The molecule has 2 aromatic heterocycles. The lowest BCUT2D eigenvalue weighted by molar-refractivity contribution is 0.110. The molecule has 3 N–H and O–H groups in total. The Bertz CT molecular complexity index is 1060. The Balaban J connectivity index is 0.00000210. The number of aliphatic hydroxyl groups is 1. The van der Waals surface area contributed by atoms with Crippen LogP contribution in [0, 0.1) is 17.7 Å². The Labute approximate surface area is 162 Å². The van der Waals surface area contributed by atoms with E-state index in [0.717, 1.165) is 12.8 Å². The number of fused-ring (bicyclic) bond motifs is 1. The van der Waals surface area contributed by atoms with Gasteiger partial charge in [0.15, 0.2) is 17.0 Å². The Morgan fingerprint density at radius 3 is 2.67 bits per heavy atom. The van der Waals surface area contributed by atoms with Gasteiger partial charge in [0.05, 0.1) is 0 Å². The highest BCUT2D eigenvalue weighted by molar-refractivity contribution is 5.86. The van der Waals surface area contributed by atoms with Crippen LogP contribution in [-0.2, 0) is 7.05 Å². The molecular weight excluding hydrogens is 369 g/mol. The summed E-state index contributed by atoms with van der Waals surface area (Å²) in [5.74, 6) is 6.36. The fraction of sp³-hybridized carbons (Fsp3) is 0.316. The van der Waals surface area contributed by atoms with E-state index in [-0.39, 0.29) is 29.9 Å². The number of nitrogen functional groups attached to an aromatic ring is 1. The van der Waals surface area contributed by atoms with Gasteiger partial charge in [-0.25, -0.2) is 19.3 Å². The molecule has 1 aromatic carbocycles. The zero-order valence-corrected chi connectivity index (χ0v) is 15.6. The van der Waals surface area contributed by atoms with Gasteiger partial charge in [-0.05, 0) is 43.7 Å². The number of hydrogen-bond acceptors (Lipinski definition) is 5. The van der Waals surface area contributed by atoms with Gasteiger partial charge in [-0.2, -0.15) is 0 Å². The lowest BCUT2D eigenvalue weighted by Crippen LogP contribution is -2.20. The second-order valence-electron chi connectivity index (χ2n) is 6.60. The number of anilines is 1. The van der Waals surface area contributed by atoms with E-state index in [1.165, 1.54) is 12.1 Å². The average Bonchev–Trinajstić information content (AvgIpc) is 3.18. The Kier molecular flexibility index (Phi) is 5.05. The maximum absolute atomic E-state index is 13.5. The van der Waals surface area contributed by atoms with Crippen molar-refractivity contribution in [2.75, 3.05) is 5.73 Å². The van der Waals surface area contributed by atoms with Gasteiger partial charge in [-0.3, -0.25) is 0 Å². The molecule has 2 heterocycles. The van der Waals surface area contributed by atoms with E-state index in [4.69, 9.17) is 5.73 Å². The van der Waals surface area contributed by atoms with E-state index in [9.17, 15) is 9.50 Å². The van der Waals surface area contributed by atoms with Crippen LogP contribution in [0.3, 0.4) is 0 Å². The molecule has 3 aromatic rings. The lowest BCUT2D eigenvalue weighted by atomic mass is 10.0. The van der Waals surface area contributed by atoms with E-state index in [1.807, 2.05) is 0 Å². The first-order valence-corrected chi connectivity index (χ1v) is 8.47. The molecule has 1 saturated carbocycles. The highest BCUT2D eigenvalue weighted by atomic mass is 35.5. The Hall–Kier alpha value is -2.69. The summed E-state index contributed by atoms with van der Waals surface area (Å²) in [5, 5.41) is 10.4. The highest BCUT2D eigenvalue weighted by Gasteiger charge is 2.28. The minimum Gasteiger partial charge on any atom is -0.382 e. The van der Waals surface area contributed by atoms with Gasteiger partial charge in [0.2, 0.25) is 5.82 Å². The summed E-state index contributed by atoms with van der Waals surface area (Å²) in [6.45, 7) is 0. The minimum absolute atomic E-state index is 0. The van der Waals surface area contributed by atoms with Crippen LogP contribution in [0.15, 0.2) is 24.3 Å². The molecule has 0 atom stereocenters. The molecule has 1 aliphatic rings. The first-order valence-electron chi connectivity index (χ1n) is 8.47. The third-order valence-electron chi connectivity index (χ3n) is 4.67. The number of aryl methyl sites for hydroxylation is 1. The molecule has 1 fully saturated rings. The van der Waals surface area contributed by atoms with E-state index < -0.39 is 5.60 Å². The Morgan fingerprint density at radius 2 is 1.96 bits per heavy atom. The highest BCUT2D eigenvalue weighted by Crippen LogP contribution is 2.29. The molecule has 6 nitrogen and oxygen atoms in total. The molecule has 1 aliphatic carbocycles. The van der Waals surface area contributed by atoms with E-state index in [0.29, 0.717) is 35.4 Å². The second-order valence-corrected chi connectivity index (χ2v) is 6.60. The first-order chi connectivity index (χ1) is 12.5. The maximum Gasteiger partial charge on any atom is 0.209 e. The molecule has 0 aliphatic heterocycles. The molecule has 0 radical (unpaired) electrons. The van der Waals surface area contributed by atoms with Gasteiger partial charge in [0.1, 0.15) is 17.2 Å². The molecule has 0 spiro atoms. The number of halogens is 2. The predicted octanol–water partition coefficient (Wildman–Crippen LogP) is 2.83. The van der Waals surface area contributed by atoms with Crippen LogP contribution in [0.2, 0.25) is 0 Å². The summed E-state index contributed by atoms with van der Waals surface area (Å²) in [5.41, 5.74) is 6.64. The van der Waals surface area contributed by atoms with Gasteiger partial charge < -0.3 is 15.4 Å². The van der Waals surface area contributed by atoms with E-state index in [1.54, 1.807) is 23.7 Å². The quantitative estimate of drug-likeness (QED) is 0.627. The normalized spacial score (nSPS) is 15.2. The van der Waals surface area contributed by atoms with Crippen molar-refractivity contribution in [1.82, 2.24) is 19.5 Å². The van der Waals surface area contributed by atoms with Crippen LogP contribution < -0.4 is 5.73 Å². The first kappa shape index (κ1) is 19.1. The summed E-state index contributed by atoms with van der Waals surface area (Å²) in [7, 11) is 1.78. The fourth-order valence-electron chi connectivity index (χ4n) is 3.28. The van der Waals surface area contributed by atoms with Crippen LogP contribution in [0.4, 0.5) is 10.2 Å². The number of hydrogen-bond donors (Lipinski definition) is 2. The minimum atomic E-state index is -0.966. The molecule has 4 rings (SSSR count). The van der Waals surface area contributed by atoms with Gasteiger partial charge in [-0.1, -0.05) is 18.1 Å². The molecule has 0 amide bonds. The van der Waals surface area contributed by atoms with Crippen LogP contribution in [-0.4, -0.2) is 30.2 Å². The zero-order valence-electron chi connectivity index (χ0n) is 14.7. The van der Waals surface area contributed by atoms with Crippen molar-refractivity contribution in [3.63, 3.8) is 0 Å². The Morgan fingerprint density at radius 1 is 1.22 bits per heavy atom. The lowest BCUT2D eigenvalue weighted by Gasteiger charge is -2.12. The number of imidazole rings is 1. The molecule has 140 valence electrons. The standard InChI is InChI=1S/C19H18FN5O.ClH/c1-25-17(12-5-4-6-13(20)11-12)24-15-16(21)22-14(23-18(15)25)7-10-19(26)8-2-3-9-19;/h4-6,11,26H,2-3,8-9H2,1H3,(H2,21,22,23);1H. The molecule has 0 saturated heterocycles. The number of nitrogens with two attached hydrogens (primary N) is 1. The third-order valence-corrected chi connectivity index (χ3v) is 4.67. The van der Waals surface area contributed by atoms with Crippen molar-refractivity contribution in [3.05, 3.63) is 35.9 Å². The molecule has 8 heteroatoms. The van der Waals surface area contributed by atoms with Crippen molar-refractivity contribution in [2.24, 2.45) is 7.05 Å². The van der Waals surface area contributed by atoms with Gasteiger partial charge >= 0.3 is 0 Å². The number of aromatic nitrogens is 4. The molecular formula is C19H19ClFN5O. The summed E-state index contributed by atoms with van der Waals surface area (Å²) in [6, 6.07) is 6.17. The number of nitrogens with zero attached hydrogens (tertiary/aromatic N) is 4. The average molecular weight is 388 g/mol. The second kappa shape index (κ2) is 7.14. The topological polar surface area (TPSA) is 89.9 Å². The van der Waals surface area contributed by atoms with Crippen molar-refractivity contribution < 1.29 is 9.50 Å². The molecule has 27 heavy (non-hydrogen) atoms. The summed E-state index contributed by atoms with van der Waals surface area (Å²) < 4.78 is 15.3. The smallest absolute Gasteiger partial charge is 0.209 e. The number of benzene rings is 1. The maximum atomic E-state index is 13.5. The van der Waals surface area contributed by atoms with Crippen LogP contribution in [0.5, 0.6) is 0 Å². The van der Waals surface area contributed by atoms with Gasteiger partial charge in [0, 0.05) is 12.6 Å². The van der Waals surface area contributed by atoms with Gasteiger partial charge in [-0.15, -0.1) is 12.4 Å². The molecule has 0 unspecified atom stereocenters. The zero-order chi connectivity index (χ0) is 18.3. The van der Waals surface area contributed by atoms with Crippen LogP contribution in [0.1, 0.15) is 31.5 Å². The van der Waals surface area contributed by atoms with E-state index in [2.05, 4.69) is 26.8 Å². The van der Waals surface area contributed by atoms with Crippen molar-refractivity contribution >= 4 is 29.4 Å². The summed E-state index contributed by atoms with van der Waals surface area (Å²) >= 11 is 0. The van der Waals surface area contributed by atoms with Crippen molar-refractivity contribution in [3.8, 4) is 23.2 Å². The van der Waals surface area contributed by atoms with E-state index >= 15 is 0 Å². The van der Waals surface area contributed by atoms with Crippen LogP contribution in [0.25, 0.3) is 22.6 Å². The SMILES string of the molecule is Cl.Cn1c(-c2cccc(F)c2)nc2c(N)nc(C#CC3(O)CCCC3)nc21. The monoisotopic (exact) mass is 387 g/mol. The molecule has 0 bridgehead atoms. The number of rotatable bonds is 1. The van der Waals surface area contributed by atoms with Gasteiger partial charge in [0.25, 0.3) is 0 Å². The largest absolute Gasteiger partial charge is 0.382 e. The predicted molar refractivity (Wildman–Crippen MR) is 104 cm³/mol. The third kappa shape index (κ3) is 3.59.